The normalized spacial score (nSPS) is 9.90. The van der Waals surface area contributed by atoms with E-state index in [1.807, 2.05) is 0 Å². The first-order valence-corrected chi connectivity index (χ1v) is 2.24. The Labute approximate surface area is 54.5 Å². The summed E-state index contributed by atoms with van der Waals surface area (Å²) in [6.45, 7) is 0. The van der Waals surface area contributed by atoms with Gasteiger partial charge in [0.2, 0.25) is 11.8 Å². The minimum atomic E-state index is -1.67. The molecule has 0 aliphatic heterocycles. The lowest BCUT2D eigenvalue weighted by Crippen LogP contribution is -1.94. The molecule has 10 heavy (non-hydrogen) atoms. The summed E-state index contributed by atoms with van der Waals surface area (Å²) in [5.41, 5.74) is 7.13. The van der Waals surface area contributed by atoms with Crippen LogP contribution in [0, 0.1) is 23.8 Å². The van der Waals surface area contributed by atoms with Gasteiger partial charge in [-0.05, 0) is 0 Å². The lowest BCUT2D eigenvalue weighted by Gasteiger charge is -1.91. The molecule has 1 aromatic rings. The SMILES string of the molecule is [N]c1[c]c(F)nc(F)c1F. The molecular weight excluding hydrogens is 145 g/mol. The van der Waals surface area contributed by atoms with E-state index >= 15 is 0 Å². The molecule has 0 bridgehead atoms. The van der Waals surface area contributed by atoms with Crippen molar-refractivity contribution in [2.45, 2.75) is 0 Å². The van der Waals surface area contributed by atoms with Gasteiger partial charge >= 0.3 is 0 Å². The summed E-state index contributed by atoms with van der Waals surface area (Å²) in [5.74, 6) is -4.65. The van der Waals surface area contributed by atoms with E-state index in [2.05, 4.69) is 4.98 Å². The fourth-order valence-electron chi connectivity index (χ4n) is 0.413. The summed E-state index contributed by atoms with van der Waals surface area (Å²) < 4.78 is 35.8. The molecule has 0 saturated carbocycles. The van der Waals surface area contributed by atoms with Crippen LogP contribution in [0.4, 0.5) is 18.9 Å². The Morgan fingerprint density at radius 1 is 1.30 bits per heavy atom. The molecule has 5 heteroatoms. The lowest BCUT2D eigenvalue weighted by molar-refractivity contribution is 0.448. The molecule has 0 atom stereocenters. The van der Waals surface area contributed by atoms with Gasteiger partial charge in [0.05, 0.1) is 6.07 Å². The van der Waals surface area contributed by atoms with Crippen LogP contribution in [0.15, 0.2) is 0 Å². The lowest BCUT2D eigenvalue weighted by atomic mass is 10.4. The van der Waals surface area contributed by atoms with Gasteiger partial charge in [-0.15, -0.1) is 5.73 Å². The van der Waals surface area contributed by atoms with E-state index in [0.29, 0.717) is 0 Å². The number of pyridine rings is 1. The molecule has 0 aliphatic carbocycles. The Morgan fingerprint density at radius 3 is 2.40 bits per heavy atom. The molecule has 51 valence electrons. The Balaban J connectivity index is 3.31. The minimum absolute atomic E-state index is 1.20. The van der Waals surface area contributed by atoms with Crippen molar-refractivity contribution >= 4 is 5.69 Å². The molecule has 0 spiro atoms. The maximum atomic E-state index is 12.0. The first kappa shape index (κ1) is 6.85. The predicted octanol–water partition coefficient (Wildman–Crippen LogP) is 0.999. The van der Waals surface area contributed by atoms with Crippen LogP contribution in [0.1, 0.15) is 0 Å². The number of halogens is 3. The van der Waals surface area contributed by atoms with Crippen molar-refractivity contribution in [1.29, 1.82) is 0 Å². The van der Waals surface area contributed by atoms with Crippen molar-refractivity contribution < 1.29 is 13.2 Å². The zero-order valence-corrected chi connectivity index (χ0v) is 4.53. The second-order valence-corrected chi connectivity index (χ2v) is 1.48. The average molecular weight is 145 g/mol. The van der Waals surface area contributed by atoms with E-state index in [-0.39, 0.29) is 0 Å². The highest BCUT2D eigenvalue weighted by Gasteiger charge is 2.10. The maximum absolute atomic E-state index is 12.0. The average Bonchev–Trinajstić information content (AvgIpc) is 1.82. The third-order valence-electron chi connectivity index (χ3n) is 0.807. The van der Waals surface area contributed by atoms with Gasteiger partial charge in [-0.25, -0.2) is 0 Å². The van der Waals surface area contributed by atoms with Gasteiger partial charge in [-0.3, -0.25) is 0 Å². The van der Waals surface area contributed by atoms with Crippen LogP contribution >= 0.6 is 0 Å². The Bertz CT molecular complexity index is 238. The number of nitrogens with zero attached hydrogens (tertiary/aromatic N) is 2. The third-order valence-corrected chi connectivity index (χ3v) is 0.807. The minimum Gasteiger partial charge on any atom is -0.199 e. The summed E-state index contributed by atoms with van der Waals surface area (Å²) in [7, 11) is 0. The summed E-state index contributed by atoms with van der Waals surface area (Å²) in [5, 5.41) is 0. The second kappa shape index (κ2) is 2.17. The van der Waals surface area contributed by atoms with E-state index in [1.165, 1.54) is 6.07 Å². The molecule has 0 N–H and O–H groups in total. The fraction of sp³-hybridized carbons (Fsp3) is 0. The Morgan fingerprint density at radius 2 is 1.90 bits per heavy atom. The maximum Gasteiger partial charge on any atom is 0.253 e. The molecule has 0 amide bonds. The quantitative estimate of drug-likeness (QED) is 0.501. The largest absolute Gasteiger partial charge is 0.253 e. The van der Waals surface area contributed by atoms with E-state index < -0.39 is 23.4 Å². The molecule has 0 fully saturated rings. The van der Waals surface area contributed by atoms with Gasteiger partial charge in [-0.2, -0.15) is 18.2 Å². The molecule has 1 heterocycles. The highest BCUT2D eigenvalue weighted by Crippen LogP contribution is 2.12. The monoisotopic (exact) mass is 145 g/mol. The highest BCUT2D eigenvalue weighted by atomic mass is 19.2. The molecule has 0 saturated heterocycles. The van der Waals surface area contributed by atoms with E-state index in [1.54, 1.807) is 0 Å². The van der Waals surface area contributed by atoms with Gasteiger partial charge in [0.25, 0.3) is 5.95 Å². The summed E-state index contributed by atoms with van der Waals surface area (Å²) in [6.07, 6.45) is 0. The van der Waals surface area contributed by atoms with Crippen LogP contribution in [0.3, 0.4) is 0 Å². The predicted molar refractivity (Wildman–Crippen MR) is 24.7 cm³/mol. The van der Waals surface area contributed by atoms with Crippen LogP contribution in [0.25, 0.3) is 0 Å². The fourth-order valence-corrected chi connectivity index (χ4v) is 0.413. The van der Waals surface area contributed by atoms with E-state index in [9.17, 15) is 13.2 Å². The van der Waals surface area contributed by atoms with Crippen molar-refractivity contribution in [3.8, 4) is 0 Å². The van der Waals surface area contributed by atoms with Crippen molar-refractivity contribution in [2.75, 3.05) is 0 Å². The standard InChI is InChI=1S/C5F3N2/c6-3-1-2(9)4(7)5(8)10-3. The van der Waals surface area contributed by atoms with Crippen molar-refractivity contribution in [3.05, 3.63) is 23.8 Å². The topological polar surface area (TPSA) is 35.2 Å². The summed E-state index contributed by atoms with van der Waals surface area (Å²) >= 11 is 0. The van der Waals surface area contributed by atoms with Gasteiger partial charge in [0.1, 0.15) is 5.69 Å². The van der Waals surface area contributed by atoms with Crippen LogP contribution in [0.2, 0.25) is 0 Å². The van der Waals surface area contributed by atoms with E-state index in [0.717, 1.165) is 0 Å². The molecule has 0 unspecified atom stereocenters. The summed E-state index contributed by atoms with van der Waals surface area (Å²) in [4.78, 5) is 2.41. The Kier molecular flexibility index (Phi) is 1.48. The Hall–Kier alpha value is -1.26. The summed E-state index contributed by atoms with van der Waals surface area (Å²) in [6, 6.07) is 1.44. The molecule has 1 rings (SSSR count). The van der Waals surface area contributed by atoms with Crippen LogP contribution in [0.5, 0.6) is 0 Å². The van der Waals surface area contributed by atoms with Gasteiger partial charge in [-0.1, -0.05) is 0 Å². The zero-order valence-electron chi connectivity index (χ0n) is 4.53. The zero-order chi connectivity index (χ0) is 7.72. The van der Waals surface area contributed by atoms with Crippen LogP contribution < -0.4 is 5.73 Å². The molecule has 0 aliphatic rings. The highest BCUT2D eigenvalue weighted by molar-refractivity contribution is 5.31. The number of rotatable bonds is 0. The number of hydrogen-bond donors (Lipinski definition) is 0. The number of aromatic nitrogens is 1. The first-order chi connectivity index (χ1) is 4.61. The smallest absolute Gasteiger partial charge is 0.199 e. The van der Waals surface area contributed by atoms with E-state index in [4.69, 9.17) is 5.73 Å². The third kappa shape index (κ3) is 1.02. The molecule has 3 radical (unpaired) electrons. The number of hydrogen-bond acceptors (Lipinski definition) is 1. The van der Waals surface area contributed by atoms with Gasteiger partial charge in [0.15, 0.2) is 0 Å². The molecule has 0 aromatic carbocycles. The molecular formula is C5F3N2. The van der Waals surface area contributed by atoms with Gasteiger partial charge in [0, 0.05) is 0 Å². The molecule has 2 nitrogen and oxygen atoms in total. The van der Waals surface area contributed by atoms with Crippen LogP contribution in [-0.2, 0) is 0 Å². The second-order valence-electron chi connectivity index (χ2n) is 1.48. The van der Waals surface area contributed by atoms with Crippen LogP contribution in [-0.4, -0.2) is 4.98 Å². The van der Waals surface area contributed by atoms with Crippen molar-refractivity contribution in [1.82, 2.24) is 10.7 Å². The molecule has 1 aromatic heterocycles. The first-order valence-electron chi connectivity index (χ1n) is 2.24. The van der Waals surface area contributed by atoms with Gasteiger partial charge < -0.3 is 0 Å². The van der Waals surface area contributed by atoms with Crippen molar-refractivity contribution in [3.63, 3.8) is 0 Å². The van der Waals surface area contributed by atoms with Crippen molar-refractivity contribution in [2.24, 2.45) is 0 Å².